The van der Waals surface area contributed by atoms with E-state index in [2.05, 4.69) is 4.98 Å². The molecule has 0 unspecified atom stereocenters. The van der Waals surface area contributed by atoms with Crippen molar-refractivity contribution < 1.29 is 9.18 Å². The fraction of sp³-hybridized carbons (Fsp3) is 0. The van der Waals surface area contributed by atoms with E-state index in [0.717, 1.165) is 10.9 Å². The number of rotatable bonds is 2. The van der Waals surface area contributed by atoms with Gasteiger partial charge in [-0.25, -0.2) is 4.39 Å². The van der Waals surface area contributed by atoms with Gasteiger partial charge in [0.25, 0.3) is 0 Å². The van der Waals surface area contributed by atoms with E-state index in [4.69, 9.17) is 0 Å². The molecule has 1 aromatic heterocycles. The average Bonchev–Trinajstić information content (AvgIpc) is 2.47. The highest BCUT2D eigenvalue weighted by Gasteiger charge is 2.10. The molecule has 0 fully saturated rings. The molecule has 19 heavy (non-hydrogen) atoms. The van der Waals surface area contributed by atoms with Gasteiger partial charge in [0.1, 0.15) is 12.1 Å². The van der Waals surface area contributed by atoms with E-state index in [1.54, 1.807) is 12.3 Å². The summed E-state index contributed by atoms with van der Waals surface area (Å²) >= 11 is 0. The topological polar surface area (TPSA) is 30.0 Å². The Morgan fingerprint density at radius 3 is 2.68 bits per heavy atom. The molecular weight excluding hydrogens is 241 g/mol. The third-order valence-electron chi connectivity index (χ3n) is 3.05. The molecule has 92 valence electrons. The number of aldehydes is 1. The quantitative estimate of drug-likeness (QED) is 0.647. The lowest BCUT2D eigenvalue weighted by Crippen LogP contribution is -1.90. The monoisotopic (exact) mass is 251 g/mol. The SMILES string of the molecule is O=Cc1ccc(F)c(-c2cccc3cccnc23)c1. The van der Waals surface area contributed by atoms with E-state index < -0.39 is 0 Å². The van der Waals surface area contributed by atoms with Gasteiger partial charge < -0.3 is 0 Å². The minimum absolute atomic E-state index is 0.358. The van der Waals surface area contributed by atoms with Crippen molar-refractivity contribution in [2.75, 3.05) is 0 Å². The van der Waals surface area contributed by atoms with Crippen LogP contribution in [0.5, 0.6) is 0 Å². The van der Waals surface area contributed by atoms with Gasteiger partial charge >= 0.3 is 0 Å². The van der Waals surface area contributed by atoms with Crippen LogP contribution in [0.15, 0.2) is 54.7 Å². The van der Waals surface area contributed by atoms with Crippen LogP contribution in [0.4, 0.5) is 4.39 Å². The number of fused-ring (bicyclic) bond motifs is 1. The zero-order valence-corrected chi connectivity index (χ0v) is 10.0. The third kappa shape index (κ3) is 1.99. The van der Waals surface area contributed by atoms with Gasteiger partial charge in [-0.3, -0.25) is 9.78 Å². The standard InChI is InChI=1S/C16H10FNO/c17-15-7-6-11(10-19)9-14(15)13-5-1-3-12-4-2-8-18-16(12)13/h1-10H. The van der Waals surface area contributed by atoms with Crippen LogP contribution in [0, 0.1) is 5.82 Å². The Kier molecular flexibility index (Phi) is 2.80. The first kappa shape index (κ1) is 11.5. The highest BCUT2D eigenvalue weighted by Crippen LogP contribution is 2.29. The number of aromatic nitrogens is 1. The van der Waals surface area contributed by atoms with Crippen molar-refractivity contribution in [3.05, 3.63) is 66.1 Å². The number of para-hydroxylation sites is 1. The lowest BCUT2D eigenvalue weighted by Gasteiger charge is -2.07. The number of hydrogen-bond acceptors (Lipinski definition) is 2. The van der Waals surface area contributed by atoms with Gasteiger partial charge in [-0.05, 0) is 24.3 Å². The molecule has 0 saturated carbocycles. The second-order valence-corrected chi connectivity index (χ2v) is 4.24. The molecule has 0 saturated heterocycles. The summed E-state index contributed by atoms with van der Waals surface area (Å²) in [5, 5.41) is 0.941. The molecule has 0 aliphatic rings. The maximum absolute atomic E-state index is 14.0. The van der Waals surface area contributed by atoms with Crippen molar-refractivity contribution in [3.8, 4) is 11.1 Å². The number of pyridine rings is 1. The van der Waals surface area contributed by atoms with E-state index in [-0.39, 0.29) is 5.82 Å². The van der Waals surface area contributed by atoms with E-state index in [1.165, 1.54) is 12.1 Å². The van der Waals surface area contributed by atoms with Crippen LogP contribution in [0.2, 0.25) is 0 Å². The van der Waals surface area contributed by atoms with E-state index >= 15 is 0 Å². The largest absolute Gasteiger partial charge is 0.298 e. The van der Waals surface area contributed by atoms with Crippen LogP contribution in [0.3, 0.4) is 0 Å². The number of carbonyl (C=O) groups is 1. The number of benzene rings is 2. The van der Waals surface area contributed by atoms with Crippen LogP contribution in [-0.2, 0) is 0 Å². The first-order valence-corrected chi connectivity index (χ1v) is 5.88. The van der Waals surface area contributed by atoms with Gasteiger partial charge in [-0.15, -0.1) is 0 Å². The zero-order chi connectivity index (χ0) is 13.2. The second-order valence-electron chi connectivity index (χ2n) is 4.24. The smallest absolute Gasteiger partial charge is 0.150 e. The predicted octanol–water partition coefficient (Wildman–Crippen LogP) is 3.85. The minimum Gasteiger partial charge on any atom is -0.298 e. The summed E-state index contributed by atoms with van der Waals surface area (Å²) in [6.45, 7) is 0. The molecule has 1 heterocycles. The molecule has 0 N–H and O–H groups in total. The molecule has 2 aromatic carbocycles. The molecule has 3 aromatic rings. The van der Waals surface area contributed by atoms with Gasteiger partial charge in [-0.1, -0.05) is 24.3 Å². The Morgan fingerprint density at radius 2 is 1.84 bits per heavy atom. The fourth-order valence-electron chi connectivity index (χ4n) is 2.14. The summed E-state index contributed by atoms with van der Waals surface area (Å²) in [6, 6.07) is 13.7. The number of hydrogen-bond donors (Lipinski definition) is 0. The Morgan fingerprint density at radius 1 is 1.00 bits per heavy atom. The van der Waals surface area contributed by atoms with E-state index in [0.29, 0.717) is 23.0 Å². The van der Waals surface area contributed by atoms with Crippen LogP contribution in [-0.4, -0.2) is 11.3 Å². The van der Waals surface area contributed by atoms with Crippen molar-refractivity contribution in [2.24, 2.45) is 0 Å². The summed E-state index contributed by atoms with van der Waals surface area (Å²) < 4.78 is 14.0. The molecule has 0 aliphatic carbocycles. The van der Waals surface area contributed by atoms with Crippen molar-refractivity contribution in [1.29, 1.82) is 0 Å². The van der Waals surface area contributed by atoms with Crippen molar-refractivity contribution in [1.82, 2.24) is 4.98 Å². The molecule has 0 bridgehead atoms. The minimum atomic E-state index is -0.358. The van der Waals surface area contributed by atoms with E-state index in [9.17, 15) is 9.18 Å². The normalized spacial score (nSPS) is 10.6. The Bertz CT molecular complexity index is 762. The molecule has 0 amide bonds. The molecule has 0 radical (unpaired) electrons. The van der Waals surface area contributed by atoms with Crippen molar-refractivity contribution in [2.45, 2.75) is 0 Å². The molecule has 3 heteroatoms. The second kappa shape index (κ2) is 4.61. The van der Waals surface area contributed by atoms with Crippen molar-refractivity contribution in [3.63, 3.8) is 0 Å². The van der Waals surface area contributed by atoms with Gasteiger partial charge in [0.2, 0.25) is 0 Å². The van der Waals surface area contributed by atoms with Gasteiger partial charge in [0.05, 0.1) is 5.52 Å². The Hall–Kier alpha value is -2.55. The van der Waals surface area contributed by atoms with Crippen LogP contribution in [0.25, 0.3) is 22.0 Å². The van der Waals surface area contributed by atoms with Crippen LogP contribution in [0.1, 0.15) is 10.4 Å². The highest BCUT2D eigenvalue weighted by molar-refractivity contribution is 5.94. The summed E-state index contributed by atoms with van der Waals surface area (Å²) in [4.78, 5) is 15.1. The van der Waals surface area contributed by atoms with Crippen LogP contribution >= 0.6 is 0 Å². The first-order chi connectivity index (χ1) is 9.29. The summed E-state index contributed by atoms with van der Waals surface area (Å²) in [5.74, 6) is -0.358. The summed E-state index contributed by atoms with van der Waals surface area (Å²) in [7, 11) is 0. The molecule has 0 spiro atoms. The summed E-state index contributed by atoms with van der Waals surface area (Å²) in [6.07, 6.45) is 2.38. The van der Waals surface area contributed by atoms with Gasteiger partial charge in [-0.2, -0.15) is 0 Å². The number of halogens is 1. The molecule has 2 nitrogen and oxygen atoms in total. The Labute approximate surface area is 109 Å². The predicted molar refractivity (Wildman–Crippen MR) is 72.5 cm³/mol. The van der Waals surface area contributed by atoms with E-state index in [1.807, 2.05) is 30.3 Å². The summed E-state index contributed by atoms with van der Waals surface area (Å²) in [5.41, 5.74) is 2.27. The van der Waals surface area contributed by atoms with Crippen LogP contribution < -0.4 is 0 Å². The fourth-order valence-corrected chi connectivity index (χ4v) is 2.14. The maximum atomic E-state index is 14.0. The lowest BCUT2D eigenvalue weighted by molar-refractivity contribution is 0.112. The zero-order valence-electron chi connectivity index (χ0n) is 10.0. The van der Waals surface area contributed by atoms with Crippen molar-refractivity contribution >= 4 is 17.2 Å². The number of carbonyl (C=O) groups excluding carboxylic acids is 1. The van der Waals surface area contributed by atoms with Gasteiger partial charge in [0, 0.05) is 28.3 Å². The molecular formula is C16H10FNO. The van der Waals surface area contributed by atoms with Gasteiger partial charge in [0.15, 0.2) is 0 Å². The first-order valence-electron chi connectivity index (χ1n) is 5.88. The molecule has 3 rings (SSSR count). The maximum Gasteiger partial charge on any atom is 0.150 e. The lowest BCUT2D eigenvalue weighted by atomic mass is 10.00. The third-order valence-corrected chi connectivity index (χ3v) is 3.05. The average molecular weight is 251 g/mol. The molecule has 0 atom stereocenters. The number of nitrogens with zero attached hydrogens (tertiary/aromatic N) is 1. The molecule has 0 aliphatic heterocycles. The Balaban J connectivity index is 2.33. The highest BCUT2D eigenvalue weighted by atomic mass is 19.1.